The molecule has 1 heterocycles. The molecule has 0 radical (unpaired) electrons. The first-order valence-corrected chi connectivity index (χ1v) is 8.46. The molecule has 0 fully saturated rings. The van der Waals surface area contributed by atoms with Crippen molar-refractivity contribution in [2.45, 2.75) is 12.8 Å². The van der Waals surface area contributed by atoms with E-state index in [9.17, 15) is 14.0 Å². The summed E-state index contributed by atoms with van der Waals surface area (Å²) >= 11 is 0. The monoisotopic (exact) mass is 363 g/mol. The van der Waals surface area contributed by atoms with E-state index in [-0.39, 0.29) is 11.8 Å². The molecule has 5 nitrogen and oxygen atoms in total. The quantitative estimate of drug-likeness (QED) is 0.694. The molecule has 0 aliphatic heterocycles. The number of aromatic nitrogens is 1. The van der Waals surface area contributed by atoms with Crippen LogP contribution in [0.2, 0.25) is 0 Å². The maximum Gasteiger partial charge on any atom is 0.255 e. The molecule has 6 heteroatoms. The molecule has 2 N–H and O–H groups in total. The Labute approximate surface area is 156 Å². The van der Waals surface area contributed by atoms with Crippen LogP contribution in [0.5, 0.6) is 0 Å². The van der Waals surface area contributed by atoms with Crippen molar-refractivity contribution in [3.63, 3.8) is 0 Å². The second-order valence-electron chi connectivity index (χ2n) is 5.95. The minimum absolute atomic E-state index is 0.151. The van der Waals surface area contributed by atoms with Gasteiger partial charge in [-0.25, -0.2) is 4.39 Å². The van der Waals surface area contributed by atoms with Crippen molar-refractivity contribution in [2.24, 2.45) is 0 Å². The molecule has 27 heavy (non-hydrogen) atoms. The van der Waals surface area contributed by atoms with Crippen molar-refractivity contribution in [3.05, 3.63) is 90.0 Å². The molecule has 2 aromatic carbocycles. The van der Waals surface area contributed by atoms with Crippen LogP contribution in [0.25, 0.3) is 0 Å². The normalized spacial score (nSPS) is 10.3. The Balaban J connectivity index is 1.59. The maximum absolute atomic E-state index is 13.2. The smallest absolute Gasteiger partial charge is 0.255 e. The molecule has 0 bridgehead atoms. The van der Waals surface area contributed by atoms with Gasteiger partial charge in [0.1, 0.15) is 5.82 Å². The van der Waals surface area contributed by atoms with E-state index >= 15 is 0 Å². The van der Waals surface area contributed by atoms with Crippen molar-refractivity contribution in [1.29, 1.82) is 0 Å². The Hall–Kier alpha value is -3.54. The van der Waals surface area contributed by atoms with Gasteiger partial charge in [0.15, 0.2) is 0 Å². The van der Waals surface area contributed by atoms with Gasteiger partial charge in [0, 0.05) is 35.8 Å². The number of halogens is 1. The largest absolute Gasteiger partial charge is 0.326 e. The lowest BCUT2D eigenvalue weighted by atomic mass is 10.1. The Bertz CT molecular complexity index is 945. The zero-order valence-electron chi connectivity index (χ0n) is 14.5. The number of carbonyl (C=O) groups is 2. The number of benzene rings is 2. The first kappa shape index (κ1) is 18.3. The van der Waals surface area contributed by atoms with Gasteiger partial charge in [-0.1, -0.05) is 18.2 Å². The molecule has 3 rings (SSSR count). The van der Waals surface area contributed by atoms with Crippen LogP contribution in [0.4, 0.5) is 15.8 Å². The molecular weight excluding hydrogens is 345 g/mol. The van der Waals surface area contributed by atoms with Crippen LogP contribution in [0.15, 0.2) is 73.1 Å². The number of hydrogen-bond donors (Lipinski definition) is 2. The van der Waals surface area contributed by atoms with Crippen molar-refractivity contribution < 1.29 is 14.0 Å². The van der Waals surface area contributed by atoms with Crippen molar-refractivity contribution >= 4 is 23.2 Å². The molecule has 2 amide bonds. The Morgan fingerprint density at radius 1 is 0.926 bits per heavy atom. The van der Waals surface area contributed by atoms with E-state index in [1.807, 2.05) is 12.1 Å². The summed E-state index contributed by atoms with van der Waals surface area (Å²) in [4.78, 5) is 28.5. The van der Waals surface area contributed by atoms with Crippen LogP contribution < -0.4 is 10.6 Å². The number of rotatable bonds is 6. The van der Waals surface area contributed by atoms with Crippen LogP contribution >= 0.6 is 0 Å². The van der Waals surface area contributed by atoms with Gasteiger partial charge in [-0.15, -0.1) is 0 Å². The van der Waals surface area contributed by atoms with E-state index in [1.54, 1.807) is 42.7 Å². The lowest BCUT2D eigenvalue weighted by Crippen LogP contribution is -2.15. The maximum atomic E-state index is 13.2. The third kappa shape index (κ3) is 5.47. The van der Waals surface area contributed by atoms with E-state index in [1.165, 1.54) is 18.2 Å². The number of pyridine rings is 1. The number of anilines is 2. The molecule has 0 unspecified atom stereocenters. The third-order valence-electron chi connectivity index (χ3n) is 3.85. The number of hydrogen-bond acceptors (Lipinski definition) is 3. The Morgan fingerprint density at radius 2 is 1.70 bits per heavy atom. The first-order valence-electron chi connectivity index (χ1n) is 8.46. The molecule has 1 aromatic heterocycles. The Morgan fingerprint density at radius 3 is 2.44 bits per heavy atom. The summed E-state index contributed by atoms with van der Waals surface area (Å²) in [6.45, 7) is 0. The predicted molar refractivity (Wildman–Crippen MR) is 102 cm³/mol. The van der Waals surface area contributed by atoms with E-state index < -0.39 is 5.82 Å². The van der Waals surface area contributed by atoms with Crippen molar-refractivity contribution in [3.8, 4) is 0 Å². The van der Waals surface area contributed by atoms with Gasteiger partial charge in [-0.05, 0) is 54.4 Å². The third-order valence-corrected chi connectivity index (χ3v) is 3.85. The predicted octanol–water partition coefficient (Wildman–Crippen LogP) is 4.04. The molecule has 136 valence electrons. The average Bonchev–Trinajstić information content (AvgIpc) is 2.67. The fraction of sp³-hybridized carbons (Fsp3) is 0.0952. The number of nitrogens with zero attached hydrogens (tertiary/aromatic N) is 1. The summed E-state index contributed by atoms with van der Waals surface area (Å²) in [7, 11) is 0. The van der Waals surface area contributed by atoms with Crippen molar-refractivity contribution in [1.82, 2.24) is 4.98 Å². The van der Waals surface area contributed by atoms with Gasteiger partial charge in [0.2, 0.25) is 5.91 Å². The average molecular weight is 363 g/mol. The van der Waals surface area contributed by atoms with Gasteiger partial charge in [0.05, 0.1) is 0 Å². The molecule has 0 aliphatic rings. The second kappa shape index (κ2) is 8.71. The highest BCUT2D eigenvalue weighted by atomic mass is 19.1. The van der Waals surface area contributed by atoms with E-state index in [4.69, 9.17) is 0 Å². The summed E-state index contributed by atoms with van der Waals surface area (Å²) < 4.78 is 13.2. The zero-order chi connectivity index (χ0) is 19.1. The minimum atomic E-state index is -0.428. The lowest BCUT2D eigenvalue weighted by Gasteiger charge is -2.09. The first-order chi connectivity index (χ1) is 13.1. The summed E-state index contributed by atoms with van der Waals surface area (Å²) in [6.07, 6.45) is 4.30. The summed E-state index contributed by atoms with van der Waals surface area (Å²) in [5, 5.41) is 5.41. The number of carbonyl (C=O) groups excluding carboxylic acids is 2. The number of nitrogens with one attached hydrogen (secondary N) is 2. The lowest BCUT2D eigenvalue weighted by molar-refractivity contribution is -0.116. The second-order valence-corrected chi connectivity index (χ2v) is 5.95. The summed E-state index contributed by atoms with van der Waals surface area (Å²) in [5.41, 5.74) is 2.24. The van der Waals surface area contributed by atoms with Gasteiger partial charge >= 0.3 is 0 Å². The van der Waals surface area contributed by atoms with E-state index in [0.29, 0.717) is 29.8 Å². The van der Waals surface area contributed by atoms with Crippen molar-refractivity contribution in [2.75, 3.05) is 10.6 Å². The molecule has 3 aromatic rings. The number of amides is 2. The van der Waals surface area contributed by atoms with Crippen LogP contribution in [-0.2, 0) is 11.2 Å². The van der Waals surface area contributed by atoms with E-state index in [2.05, 4.69) is 15.6 Å². The standard InChI is InChI=1S/C21H18FN3O2/c22-17-6-2-8-19(13-17)25-21(27)16-5-1-7-18(12-16)24-20(26)10-9-15-4-3-11-23-14-15/h1-8,11-14H,9-10H2,(H,24,26)(H,25,27). The van der Waals surface area contributed by atoms with E-state index in [0.717, 1.165) is 5.56 Å². The van der Waals surface area contributed by atoms with Gasteiger partial charge in [0.25, 0.3) is 5.91 Å². The molecule has 0 atom stereocenters. The highest BCUT2D eigenvalue weighted by Gasteiger charge is 2.09. The molecular formula is C21H18FN3O2. The van der Waals surface area contributed by atoms with Crippen LogP contribution in [-0.4, -0.2) is 16.8 Å². The minimum Gasteiger partial charge on any atom is -0.326 e. The topological polar surface area (TPSA) is 71.1 Å². The Kier molecular flexibility index (Phi) is 5.89. The zero-order valence-corrected chi connectivity index (χ0v) is 14.5. The molecule has 0 aliphatic carbocycles. The number of aryl methyl sites for hydroxylation is 1. The summed E-state index contributed by atoms with van der Waals surface area (Å²) in [5.74, 6) is -0.962. The molecule has 0 spiro atoms. The SMILES string of the molecule is O=C(CCc1cccnc1)Nc1cccc(C(=O)Nc2cccc(F)c2)c1. The summed E-state index contributed by atoms with van der Waals surface area (Å²) in [6, 6.07) is 16.0. The fourth-order valence-corrected chi connectivity index (χ4v) is 2.54. The fourth-order valence-electron chi connectivity index (χ4n) is 2.54. The van der Waals surface area contributed by atoms with Gasteiger partial charge in [-0.3, -0.25) is 14.6 Å². The highest BCUT2D eigenvalue weighted by Crippen LogP contribution is 2.15. The highest BCUT2D eigenvalue weighted by molar-refractivity contribution is 6.05. The van der Waals surface area contributed by atoms with Gasteiger partial charge < -0.3 is 10.6 Å². The van der Waals surface area contributed by atoms with Crippen LogP contribution in [0.3, 0.4) is 0 Å². The van der Waals surface area contributed by atoms with Crippen LogP contribution in [0, 0.1) is 5.82 Å². The van der Waals surface area contributed by atoms with Crippen LogP contribution in [0.1, 0.15) is 22.3 Å². The molecule has 0 saturated carbocycles. The molecule has 0 saturated heterocycles. The van der Waals surface area contributed by atoms with Gasteiger partial charge in [-0.2, -0.15) is 0 Å².